The first kappa shape index (κ1) is 42.1. The maximum Gasteiger partial charge on any atom is 0.309 e. The van der Waals surface area contributed by atoms with Gasteiger partial charge < -0.3 is 30.5 Å². The summed E-state index contributed by atoms with van der Waals surface area (Å²) < 4.78 is 35.7. The molecular weight excluding hydrogens is 695 g/mol. The van der Waals surface area contributed by atoms with Crippen molar-refractivity contribution >= 4 is 39.5 Å². The van der Waals surface area contributed by atoms with Gasteiger partial charge in [-0.15, -0.1) is 0 Å². The number of carbonyl (C=O) groups excluding carboxylic acids is 1. The fourth-order valence-electron chi connectivity index (χ4n) is 6.44. The minimum atomic E-state index is -3.87. The number of fused-ring (bicyclic) bond motifs is 1. The maximum atomic E-state index is 14.1. The van der Waals surface area contributed by atoms with E-state index in [1.165, 1.54) is 4.31 Å². The van der Waals surface area contributed by atoms with E-state index in [0.717, 1.165) is 24.0 Å². The smallest absolute Gasteiger partial charge is 0.309 e. The lowest BCUT2D eigenvalue weighted by Gasteiger charge is -2.37. The Morgan fingerprint density at radius 1 is 1.00 bits per heavy atom. The molecule has 0 spiro atoms. The zero-order valence-electron chi connectivity index (χ0n) is 32.5. The van der Waals surface area contributed by atoms with Crippen LogP contribution in [0.2, 0.25) is 0 Å². The molecule has 4 N–H and O–H groups in total. The topological polar surface area (TPSA) is 166 Å². The zero-order chi connectivity index (χ0) is 39.1. The van der Waals surface area contributed by atoms with Crippen molar-refractivity contribution in [2.24, 2.45) is 22.1 Å². The Bertz CT molecular complexity index is 1790. The minimum absolute atomic E-state index is 0.0375. The molecule has 2 aromatic carbocycles. The van der Waals surface area contributed by atoms with E-state index in [2.05, 4.69) is 23.7 Å². The van der Waals surface area contributed by atoms with Crippen LogP contribution >= 0.6 is 0 Å². The van der Waals surface area contributed by atoms with E-state index in [0.29, 0.717) is 73.9 Å². The number of amides is 1. The van der Waals surface area contributed by atoms with E-state index in [1.807, 2.05) is 62.2 Å². The van der Waals surface area contributed by atoms with Crippen molar-refractivity contribution in [1.82, 2.24) is 14.1 Å². The third-order valence-corrected chi connectivity index (χ3v) is 12.0. The Kier molecular flexibility index (Phi) is 14.1. The summed E-state index contributed by atoms with van der Waals surface area (Å²) in [5.74, 6) is -0.647. The lowest BCUT2D eigenvalue weighted by molar-refractivity contribution is -0.149. The molecule has 0 aromatic heterocycles. The van der Waals surface area contributed by atoms with Crippen LogP contribution in [0.15, 0.2) is 51.9 Å². The predicted octanol–water partition coefficient (Wildman–Crippen LogP) is 5.51. The monoisotopic (exact) mass is 753 g/mol. The number of aliphatic hydroxyl groups is 1. The summed E-state index contributed by atoms with van der Waals surface area (Å²) in [5.41, 5.74) is 9.04. The molecule has 53 heavy (non-hydrogen) atoms. The molecule has 0 radical (unpaired) electrons. The van der Waals surface area contributed by atoms with Crippen LogP contribution in [0.5, 0.6) is 0 Å². The lowest BCUT2D eigenvalue weighted by Crippen LogP contribution is -2.51. The molecule has 0 saturated carbocycles. The summed E-state index contributed by atoms with van der Waals surface area (Å²) in [6.45, 7) is 14.5. The van der Waals surface area contributed by atoms with Gasteiger partial charge >= 0.3 is 5.97 Å². The van der Waals surface area contributed by atoms with Crippen LogP contribution in [-0.2, 0) is 30.9 Å². The lowest BCUT2D eigenvalue weighted by atomic mass is 9.90. The van der Waals surface area contributed by atoms with E-state index < -0.39 is 27.0 Å². The highest BCUT2D eigenvalue weighted by atomic mass is 32.2. The Morgan fingerprint density at radius 2 is 1.64 bits per heavy atom. The van der Waals surface area contributed by atoms with E-state index in [1.54, 1.807) is 19.9 Å². The van der Waals surface area contributed by atoms with Crippen LogP contribution in [0.4, 0.5) is 5.69 Å². The number of benzene rings is 2. The summed E-state index contributed by atoms with van der Waals surface area (Å²) in [5, 5.41) is 19.0. The summed E-state index contributed by atoms with van der Waals surface area (Å²) in [7, 11) is -1.94. The number of aliphatic carboxylic acids is 1. The van der Waals surface area contributed by atoms with E-state index >= 15 is 0 Å². The average Bonchev–Trinajstić information content (AvgIpc) is 3.23. The van der Waals surface area contributed by atoms with Crippen molar-refractivity contribution in [2.75, 3.05) is 53.0 Å². The van der Waals surface area contributed by atoms with Gasteiger partial charge in [0.2, 0.25) is 15.9 Å². The van der Waals surface area contributed by atoms with E-state index in [-0.39, 0.29) is 42.8 Å². The Balaban J connectivity index is 1.59. The minimum Gasteiger partial charge on any atom is -0.481 e. The number of amidine groups is 1. The second-order valence-corrected chi connectivity index (χ2v) is 17.6. The molecule has 1 fully saturated rings. The Hall–Kier alpha value is -3.62. The van der Waals surface area contributed by atoms with Crippen molar-refractivity contribution in [2.45, 2.75) is 90.7 Å². The van der Waals surface area contributed by atoms with Gasteiger partial charge in [-0.25, -0.2) is 13.4 Å². The number of hydrogen-bond donors (Lipinski definition) is 3. The molecular formula is C40H59N5O7S. The summed E-state index contributed by atoms with van der Waals surface area (Å²) in [6.07, 6.45) is 4.87. The number of rotatable bonds is 19. The summed E-state index contributed by atoms with van der Waals surface area (Å²) in [6, 6.07) is 11.2. The number of carboxylic acid groups (broad SMARTS) is 1. The van der Waals surface area contributed by atoms with Gasteiger partial charge in [0.1, 0.15) is 5.84 Å². The van der Waals surface area contributed by atoms with Crippen molar-refractivity contribution < 1.29 is 33.0 Å². The number of sulfonamides is 1. The standard InChI is InChI=1S/C40H59N5O7S/c1-8-16-44(17-9-2)37(47)33-20-31-12-10-29(21-34(31)42-36(41)23-33)30-11-13-32(35(22-30)53(50,51)45-24-28(25-45)27-46)26-43(7)18-14-40(5,6)52-19-15-39(3,4)38(48)49/h10-13,20-22,28,46H,8-9,14-19,23-27H2,1-7H3,(H2,41,42)(H,48,49). The number of nitrogens with two attached hydrogens (primary N) is 1. The fraction of sp³-hybridized carbons (Fsp3) is 0.575. The largest absolute Gasteiger partial charge is 0.481 e. The normalized spacial score (nSPS) is 15.7. The first-order chi connectivity index (χ1) is 24.9. The number of ether oxygens (including phenoxy) is 1. The first-order valence-corrected chi connectivity index (χ1v) is 20.1. The van der Waals surface area contributed by atoms with Gasteiger partial charge in [-0.1, -0.05) is 38.1 Å². The highest BCUT2D eigenvalue weighted by Gasteiger charge is 2.38. The quantitative estimate of drug-likeness (QED) is 0.168. The van der Waals surface area contributed by atoms with Gasteiger partial charge in [0, 0.05) is 76.0 Å². The molecule has 0 atom stereocenters. The van der Waals surface area contributed by atoms with Crippen molar-refractivity contribution in [1.29, 1.82) is 0 Å². The number of aliphatic imine (C=N–C) groups is 1. The Morgan fingerprint density at radius 3 is 2.26 bits per heavy atom. The molecule has 1 amide bonds. The number of aliphatic hydroxyl groups excluding tert-OH is 1. The molecule has 12 nitrogen and oxygen atoms in total. The second-order valence-electron chi connectivity index (χ2n) is 15.7. The van der Waals surface area contributed by atoms with Crippen LogP contribution in [0.25, 0.3) is 17.2 Å². The molecule has 2 aliphatic heterocycles. The molecule has 4 rings (SSSR count). The molecule has 0 aliphatic carbocycles. The van der Waals surface area contributed by atoms with Gasteiger partial charge in [0.05, 0.1) is 21.6 Å². The highest BCUT2D eigenvalue weighted by Crippen LogP contribution is 2.35. The first-order valence-electron chi connectivity index (χ1n) is 18.7. The van der Waals surface area contributed by atoms with Gasteiger partial charge in [-0.2, -0.15) is 4.31 Å². The van der Waals surface area contributed by atoms with Crippen molar-refractivity contribution in [3.8, 4) is 11.1 Å². The van der Waals surface area contributed by atoms with Crippen LogP contribution < -0.4 is 5.73 Å². The molecule has 2 aromatic rings. The molecule has 1 saturated heterocycles. The predicted molar refractivity (Wildman–Crippen MR) is 209 cm³/mol. The molecule has 2 aliphatic rings. The zero-order valence-corrected chi connectivity index (χ0v) is 33.3. The van der Waals surface area contributed by atoms with Crippen LogP contribution in [0.3, 0.4) is 0 Å². The molecule has 0 bridgehead atoms. The summed E-state index contributed by atoms with van der Waals surface area (Å²) in [4.78, 5) is 33.7. The maximum absolute atomic E-state index is 14.1. The molecule has 292 valence electrons. The molecule has 2 heterocycles. The number of nitrogens with zero attached hydrogens (tertiary/aromatic N) is 4. The number of hydrogen-bond acceptors (Lipinski definition) is 9. The van der Waals surface area contributed by atoms with E-state index in [4.69, 9.17) is 10.5 Å². The highest BCUT2D eigenvalue weighted by molar-refractivity contribution is 7.89. The van der Waals surface area contributed by atoms with Crippen LogP contribution in [0.1, 0.15) is 84.8 Å². The fourth-order valence-corrected chi connectivity index (χ4v) is 8.27. The molecule has 0 unspecified atom stereocenters. The van der Waals surface area contributed by atoms with Gasteiger partial charge in [0.15, 0.2) is 0 Å². The van der Waals surface area contributed by atoms with Crippen LogP contribution in [0, 0.1) is 11.3 Å². The number of carboxylic acids is 1. The van der Waals surface area contributed by atoms with E-state index in [9.17, 15) is 28.2 Å². The van der Waals surface area contributed by atoms with Gasteiger partial charge in [0.25, 0.3) is 0 Å². The molecule has 13 heteroatoms. The Labute approximate surface area is 315 Å². The van der Waals surface area contributed by atoms with Crippen LogP contribution in [-0.4, -0.2) is 109 Å². The third-order valence-electron chi connectivity index (χ3n) is 10.1. The van der Waals surface area contributed by atoms with Crippen molar-refractivity contribution in [3.05, 3.63) is 53.1 Å². The third kappa shape index (κ3) is 10.8. The van der Waals surface area contributed by atoms with Crippen molar-refractivity contribution in [3.63, 3.8) is 0 Å². The SMILES string of the molecule is CCCN(CCC)C(=O)C1=Cc2ccc(-c3ccc(CN(C)CCC(C)(C)OCCC(C)(C)C(=O)O)c(S(=O)(=O)N4CC(CO)C4)c3)cc2N=C(N)C1. The van der Waals surface area contributed by atoms with Gasteiger partial charge in [-0.05, 0) is 95.3 Å². The van der Waals surface area contributed by atoms with Gasteiger partial charge in [-0.3, -0.25) is 9.59 Å². The average molecular weight is 754 g/mol. The number of carbonyl (C=O) groups is 2. The summed E-state index contributed by atoms with van der Waals surface area (Å²) >= 11 is 0. The second kappa shape index (κ2) is 17.7.